The van der Waals surface area contributed by atoms with E-state index in [2.05, 4.69) is 15.5 Å². The van der Waals surface area contributed by atoms with Crippen LogP contribution in [0.15, 0.2) is 82.6 Å². The number of nitrogens with zero attached hydrogens (tertiary/aromatic N) is 3. The van der Waals surface area contributed by atoms with Crippen LogP contribution in [0.3, 0.4) is 0 Å². The Morgan fingerprint density at radius 1 is 1.00 bits per heavy atom. The van der Waals surface area contributed by atoms with Crippen molar-refractivity contribution >= 4 is 17.7 Å². The van der Waals surface area contributed by atoms with Crippen molar-refractivity contribution in [1.29, 1.82) is 0 Å². The van der Waals surface area contributed by atoms with E-state index in [1.807, 2.05) is 92.1 Å². The minimum absolute atomic E-state index is 0.0509. The van der Waals surface area contributed by atoms with Crippen molar-refractivity contribution in [1.82, 2.24) is 20.1 Å². The highest BCUT2D eigenvalue weighted by Crippen LogP contribution is 2.32. The predicted octanol–water partition coefficient (Wildman–Crippen LogP) is 5.19. The number of benzene rings is 2. The Morgan fingerprint density at radius 2 is 1.68 bits per heavy atom. The molecule has 4 rings (SSSR count). The SMILES string of the molecule is Cc1occc1-c1nnc(SC(C)C(=O)NC(C)c2ccccc2)n1-c1ccccc1. The van der Waals surface area contributed by atoms with Gasteiger partial charge < -0.3 is 9.73 Å². The third-order valence-corrected chi connectivity index (χ3v) is 6.10. The molecule has 7 heteroatoms. The summed E-state index contributed by atoms with van der Waals surface area (Å²) in [6, 6.07) is 21.6. The molecule has 2 aromatic heterocycles. The average molecular weight is 433 g/mol. The van der Waals surface area contributed by atoms with Gasteiger partial charge in [0.15, 0.2) is 11.0 Å². The quantitative estimate of drug-likeness (QED) is 0.407. The molecule has 2 aromatic carbocycles. The molecule has 0 aliphatic carbocycles. The molecule has 4 aromatic rings. The van der Waals surface area contributed by atoms with E-state index < -0.39 is 0 Å². The number of aromatic nitrogens is 3. The van der Waals surface area contributed by atoms with Gasteiger partial charge in [0.25, 0.3) is 0 Å². The van der Waals surface area contributed by atoms with Gasteiger partial charge in [-0.1, -0.05) is 60.3 Å². The number of amides is 1. The number of carbonyl (C=O) groups excluding carboxylic acids is 1. The molecule has 2 unspecified atom stereocenters. The zero-order valence-corrected chi connectivity index (χ0v) is 18.5. The van der Waals surface area contributed by atoms with Gasteiger partial charge in [-0.2, -0.15) is 0 Å². The van der Waals surface area contributed by atoms with E-state index in [-0.39, 0.29) is 17.2 Å². The first kappa shape index (κ1) is 20.9. The van der Waals surface area contributed by atoms with Gasteiger partial charge >= 0.3 is 0 Å². The number of furan rings is 1. The van der Waals surface area contributed by atoms with Crippen molar-refractivity contribution < 1.29 is 9.21 Å². The van der Waals surface area contributed by atoms with Crippen LogP contribution in [0.5, 0.6) is 0 Å². The van der Waals surface area contributed by atoms with E-state index in [9.17, 15) is 4.79 Å². The van der Waals surface area contributed by atoms with Crippen molar-refractivity contribution in [3.8, 4) is 17.1 Å². The second-order valence-electron chi connectivity index (χ2n) is 7.27. The van der Waals surface area contributed by atoms with Gasteiger partial charge in [0.2, 0.25) is 5.91 Å². The fourth-order valence-electron chi connectivity index (χ4n) is 3.31. The second-order valence-corrected chi connectivity index (χ2v) is 8.58. The van der Waals surface area contributed by atoms with Crippen LogP contribution < -0.4 is 5.32 Å². The topological polar surface area (TPSA) is 72.9 Å². The molecule has 31 heavy (non-hydrogen) atoms. The lowest BCUT2D eigenvalue weighted by Gasteiger charge is -2.18. The number of carbonyl (C=O) groups is 1. The molecule has 0 radical (unpaired) electrons. The van der Waals surface area contributed by atoms with E-state index in [1.54, 1.807) is 6.26 Å². The highest BCUT2D eigenvalue weighted by atomic mass is 32.2. The molecule has 0 bridgehead atoms. The van der Waals surface area contributed by atoms with Crippen molar-refractivity contribution in [2.45, 2.75) is 37.2 Å². The Hall–Kier alpha value is -3.32. The van der Waals surface area contributed by atoms with Crippen molar-refractivity contribution in [2.75, 3.05) is 0 Å². The Kier molecular flexibility index (Phi) is 6.23. The smallest absolute Gasteiger partial charge is 0.233 e. The summed E-state index contributed by atoms with van der Waals surface area (Å²) in [5.74, 6) is 1.40. The van der Waals surface area contributed by atoms with Crippen LogP contribution in [0.4, 0.5) is 0 Å². The zero-order chi connectivity index (χ0) is 21.8. The minimum Gasteiger partial charge on any atom is -0.469 e. The summed E-state index contributed by atoms with van der Waals surface area (Å²) >= 11 is 1.38. The fraction of sp³-hybridized carbons (Fsp3) is 0.208. The first-order valence-corrected chi connectivity index (χ1v) is 11.0. The number of thioether (sulfide) groups is 1. The Labute approximate surface area is 185 Å². The van der Waals surface area contributed by atoms with Gasteiger partial charge in [-0.25, -0.2) is 0 Å². The molecule has 2 heterocycles. The number of aryl methyl sites for hydroxylation is 1. The maximum absolute atomic E-state index is 12.9. The van der Waals surface area contributed by atoms with E-state index in [4.69, 9.17) is 4.42 Å². The van der Waals surface area contributed by atoms with Crippen molar-refractivity contribution in [2.24, 2.45) is 0 Å². The number of hydrogen-bond acceptors (Lipinski definition) is 5. The van der Waals surface area contributed by atoms with Crippen LogP contribution in [0, 0.1) is 6.92 Å². The number of rotatable bonds is 7. The standard InChI is InChI=1S/C24H24N4O2S/c1-16(19-10-6-4-7-11-19)25-23(29)18(3)31-24-27-26-22(21-14-15-30-17(21)2)28(24)20-12-8-5-9-13-20/h4-16,18H,1-3H3,(H,25,29). The van der Waals surface area contributed by atoms with Crippen LogP contribution in [-0.2, 0) is 4.79 Å². The van der Waals surface area contributed by atoms with E-state index in [1.165, 1.54) is 11.8 Å². The van der Waals surface area contributed by atoms with E-state index >= 15 is 0 Å². The lowest BCUT2D eigenvalue weighted by Crippen LogP contribution is -2.33. The van der Waals surface area contributed by atoms with Gasteiger partial charge in [-0.05, 0) is 44.5 Å². The number of nitrogens with one attached hydrogen (secondary N) is 1. The van der Waals surface area contributed by atoms with Crippen LogP contribution in [-0.4, -0.2) is 25.9 Å². The van der Waals surface area contributed by atoms with Gasteiger partial charge in [0.1, 0.15) is 5.76 Å². The fourth-order valence-corrected chi connectivity index (χ4v) is 4.19. The van der Waals surface area contributed by atoms with Crippen LogP contribution in [0.2, 0.25) is 0 Å². The maximum atomic E-state index is 12.9. The molecule has 0 aliphatic rings. The van der Waals surface area contributed by atoms with Crippen LogP contribution in [0.1, 0.15) is 31.2 Å². The Morgan fingerprint density at radius 3 is 2.32 bits per heavy atom. The summed E-state index contributed by atoms with van der Waals surface area (Å²) in [4.78, 5) is 12.9. The van der Waals surface area contributed by atoms with E-state index in [0.717, 1.165) is 22.6 Å². The van der Waals surface area contributed by atoms with Gasteiger partial charge in [0.05, 0.1) is 23.1 Å². The molecule has 1 N–H and O–H groups in total. The molecule has 158 valence electrons. The Bertz CT molecular complexity index is 1150. The third kappa shape index (κ3) is 4.56. The number of hydrogen-bond donors (Lipinski definition) is 1. The van der Waals surface area contributed by atoms with Gasteiger partial charge in [-0.3, -0.25) is 9.36 Å². The van der Waals surface area contributed by atoms with Crippen LogP contribution >= 0.6 is 11.8 Å². The molecule has 0 fully saturated rings. The first-order chi connectivity index (χ1) is 15.0. The van der Waals surface area contributed by atoms with E-state index in [0.29, 0.717) is 11.0 Å². The third-order valence-electron chi connectivity index (χ3n) is 5.06. The minimum atomic E-state index is -0.351. The molecule has 2 atom stereocenters. The molecule has 6 nitrogen and oxygen atoms in total. The number of para-hydroxylation sites is 1. The maximum Gasteiger partial charge on any atom is 0.233 e. The van der Waals surface area contributed by atoms with Gasteiger partial charge in [-0.15, -0.1) is 10.2 Å². The molecule has 1 amide bonds. The average Bonchev–Trinajstić information content (AvgIpc) is 3.40. The zero-order valence-electron chi connectivity index (χ0n) is 17.6. The highest BCUT2D eigenvalue weighted by molar-refractivity contribution is 8.00. The summed E-state index contributed by atoms with van der Waals surface area (Å²) in [7, 11) is 0. The normalized spacial score (nSPS) is 13.0. The molecular formula is C24H24N4O2S. The summed E-state index contributed by atoms with van der Waals surface area (Å²) in [6.45, 7) is 5.76. The largest absolute Gasteiger partial charge is 0.469 e. The lowest BCUT2D eigenvalue weighted by atomic mass is 10.1. The second kappa shape index (κ2) is 9.22. The molecule has 0 aliphatic heterocycles. The summed E-state index contributed by atoms with van der Waals surface area (Å²) in [6.07, 6.45) is 1.64. The highest BCUT2D eigenvalue weighted by Gasteiger charge is 2.24. The van der Waals surface area contributed by atoms with Crippen LogP contribution in [0.25, 0.3) is 17.1 Å². The molecule has 0 saturated carbocycles. The predicted molar refractivity (Wildman–Crippen MR) is 122 cm³/mol. The Balaban J connectivity index is 1.59. The molecular weight excluding hydrogens is 408 g/mol. The molecule has 0 saturated heterocycles. The summed E-state index contributed by atoms with van der Waals surface area (Å²) in [5.41, 5.74) is 2.87. The van der Waals surface area contributed by atoms with Crippen molar-refractivity contribution in [3.63, 3.8) is 0 Å². The lowest BCUT2D eigenvalue weighted by molar-refractivity contribution is -0.120. The summed E-state index contributed by atoms with van der Waals surface area (Å²) in [5, 5.41) is 12.2. The first-order valence-electron chi connectivity index (χ1n) is 10.1. The van der Waals surface area contributed by atoms with Gasteiger partial charge in [0, 0.05) is 5.69 Å². The monoisotopic (exact) mass is 432 g/mol. The van der Waals surface area contributed by atoms with Crippen molar-refractivity contribution in [3.05, 3.63) is 84.3 Å². The molecule has 0 spiro atoms. The summed E-state index contributed by atoms with van der Waals surface area (Å²) < 4.78 is 7.44.